The average Bonchev–Trinajstić information content (AvgIpc) is 3.43. The van der Waals surface area contributed by atoms with Crippen molar-refractivity contribution in [3.05, 3.63) is 74.2 Å². The molecule has 3 aliphatic rings. The minimum Gasteiger partial charge on any atom is -0.272 e. The van der Waals surface area contributed by atoms with E-state index in [1.165, 1.54) is 29.3 Å². The molecule has 1 aliphatic heterocycles. The number of hydrazine groups is 1. The first kappa shape index (κ1) is 23.6. The molecule has 3 amide bonds. The minimum atomic E-state index is -0.572. The first-order valence-corrected chi connectivity index (χ1v) is 13.3. The fourth-order valence-corrected chi connectivity index (χ4v) is 7.58. The fraction of sp³-hybridized carbons (Fsp3) is 0.348. The highest BCUT2D eigenvalue weighted by Gasteiger charge is 2.67. The smallest absolute Gasteiger partial charge is 0.272 e. The maximum absolute atomic E-state index is 13.6. The Labute approximate surface area is 220 Å². The summed E-state index contributed by atoms with van der Waals surface area (Å²) in [6, 6.07) is 12.4. The van der Waals surface area contributed by atoms with Crippen LogP contribution in [0.2, 0.25) is 0 Å². The van der Waals surface area contributed by atoms with Crippen molar-refractivity contribution in [2.24, 2.45) is 23.7 Å². The predicted octanol–water partition coefficient (Wildman–Crippen LogP) is 4.69. The van der Waals surface area contributed by atoms with Gasteiger partial charge in [-0.3, -0.25) is 24.5 Å². The number of imide groups is 1. The van der Waals surface area contributed by atoms with Gasteiger partial charge in [-0.15, -0.1) is 0 Å². The summed E-state index contributed by atoms with van der Waals surface area (Å²) in [5, 5.41) is 13.2. The molecule has 1 saturated heterocycles. The van der Waals surface area contributed by atoms with Crippen molar-refractivity contribution in [2.45, 2.75) is 22.6 Å². The molecule has 2 aliphatic carbocycles. The maximum Gasteiger partial charge on any atom is 0.273 e. The Morgan fingerprint density at radius 3 is 2.00 bits per heavy atom. The van der Waals surface area contributed by atoms with Crippen LogP contribution in [0.4, 0.5) is 5.69 Å². The van der Waals surface area contributed by atoms with Crippen LogP contribution < -0.4 is 0 Å². The zero-order chi connectivity index (χ0) is 24.3. The monoisotopic (exact) mass is 653 g/mol. The van der Waals surface area contributed by atoms with Gasteiger partial charge < -0.3 is 0 Å². The molecule has 6 atom stereocenters. The van der Waals surface area contributed by atoms with E-state index in [1.54, 1.807) is 12.1 Å². The number of non-ortho nitro benzene ring substituents is 1. The summed E-state index contributed by atoms with van der Waals surface area (Å²) in [6.07, 6.45) is 0.787. The quantitative estimate of drug-likeness (QED) is 0.201. The second-order valence-electron chi connectivity index (χ2n) is 8.79. The molecular weight excluding hydrogens is 638 g/mol. The van der Waals surface area contributed by atoms with Gasteiger partial charge in [0.1, 0.15) is 0 Å². The number of nitro groups is 1. The van der Waals surface area contributed by atoms with Crippen molar-refractivity contribution in [3.8, 4) is 0 Å². The lowest BCUT2D eigenvalue weighted by Gasteiger charge is -2.31. The first-order chi connectivity index (χ1) is 16.2. The van der Waals surface area contributed by atoms with E-state index in [9.17, 15) is 24.5 Å². The number of nitro benzene ring substituents is 1. The van der Waals surface area contributed by atoms with Crippen LogP contribution in [-0.4, -0.2) is 42.3 Å². The number of amides is 3. The number of rotatable bonds is 5. The molecule has 2 aromatic carbocycles. The normalized spacial score (nSPS) is 29.4. The minimum absolute atomic E-state index is 0.00480. The summed E-state index contributed by atoms with van der Waals surface area (Å²) in [6.45, 7) is 0.00480. The number of benzene rings is 2. The third kappa shape index (κ3) is 3.72. The topological polar surface area (TPSA) is 101 Å². The summed E-state index contributed by atoms with van der Waals surface area (Å²) in [7, 11) is 0. The van der Waals surface area contributed by atoms with Crippen molar-refractivity contribution in [2.75, 3.05) is 0 Å². The molecule has 0 unspecified atom stereocenters. The summed E-state index contributed by atoms with van der Waals surface area (Å²) < 4.78 is 0.857. The van der Waals surface area contributed by atoms with Crippen LogP contribution in [0.25, 0.3) is 0 Å². The summed E-state index contributed by atoms with van der Waals surface area (Å²) in [4.78, 5) is 51.4. The lowest BCUT2D eigenvalue weighted by atomic mass is 9.81. The largest absolute Gasteiger partial charge is 0.273 e. The van der Waals surface area contributed by atoms with Gasteiger partial charge in [-0.2, -0.15) is 5.01 Å². The van der Waals surface area contributed by atoms with Gasteiger partial charge in [0.15, 0.2) is 0 Å². The van der Waals surface area contributed by atoms with Gasteiger partial charge in [-0.25, -0.2) is 5.01 Å². The molecular formula is C23H18Br3N3O5. The van der Waals surface area contributed by atoms with E-state index in [0.717, 1.165) is 21.5 Å². The fourth-order valence-electron chi connectivity index (χ4n) is 5.44. The Morgan fingerprint density at radius 2 is 1.50 bits per heavy atom. The molecule has 176 valence electrons. The van der Waals surface area contributed by atoms with Crippen molar-refractivity contribution < 1.29 is 19.3 Å². The van der Waals surface area contributed by atoms with Crippen LogP contribution >= 0.6 is 47.8 Å². The van der Waals surface area contributed by atoms with Crippen LogP contribution in [0.15, 0.2) is 53.0 Å². The number of hydrogen-bond acceptors (Lipinski definition) is 5. The van der Waals surface area contributed by atoms with E-state index in [-0.39, 0.29) is 51.1 Å². The Bertz CT molecular complexity index is 1160. The van der Waals surface area contributed by atoms with Crippen LogP contribution in [-0.2, 0) is 16.1 Å². The van der Waals surface area contributed by atoms with Gasteiger partial charge in [0, 0.05) is 31.8 Å². The summed E-state index contributed by atoms with van der Waals surface area (Å²) >= 11 is 10.7. The number of fused-ring (bicyclic) bond motifs is 5. The molecule has 0 radical (unpaired) electrons. The van der Waals surface area contributed by atoms with Gasteiger partial charge in [0.2, 0.25) is 0 Å². The SMILES string of the molecule is O=C(c1ccc([N+](=O)[O-])cc1)N(Cc1ccc(Br)cc1)N1C(=O)[C@@H]2[C@H]3C[C@@H]([C@H](Br)[C@@H]3Br)[C@@H]2C1=O. The second kappa shape index (κ2) is 8.83. The number of nitrogens with zero attached hydrogens (tertiary/aromatic N) is 3. The van der Waals surface area contributed by atoms with Crippen LogP contribution in [0.3, 0.4) is 0 Å². The molecule has 1 heterocycles. The van der Waals surface area contributed by atoms with Crippen molar-refractivity contribution in [1.29, 1.82) is 0 Å². The highest BCUT2D eigenvalue weighted by atomic mass is 79.9. The molecule has 8 nitrogen and oxygen atoms in total. The predicted molar refractivity (Wildman–Crippen MR) is 133 cm³/mol. The maximum atomic E-state index is 13.6. The highest BCUT2D eigenvalue weighted by Crippen LogP contribution is 2.60. The van der Waals surface area contributed by atoms with Crippen molar-refractivity contribution >= 4 is 71.2 Å². The van der Waals surface area contributed by atoms with Gasteiger partial charge in [0.25, 0.3) is 23.4 Å². The molecule has 2 aromatic rings. The zero-order valence-corrected chi connectivity index (χ0v) is 22.3. The van der Waals surface area contributed by atoms with Gasteiger partial charge >= 0.3 is 0 Å². The average molecular weight is 656 g/mol. The number of hydrogen-bond donors (Lipinski definition) is 0. The van der Waals surface area contributed by atoms with Crippen LogP contribution in [0.5, 0.6) is 0 Å². The zero-order valence-electron chi connectivity index (χ0n) is 17.5. The number of halogens is 3. The van der Waals surface area contributed by atoms with E-state index in [0.29, 0.717) is 0 Å². The van der Waals surface area contributed by atoms with Gasteiger partial charge in [-0.1, -0.05) is 59.9 Å². The molecule has 0 spiro atoms. The standard InChI is InChI=1S/C23H18Br3N3O5/c24-13-5-1-11(2-6-13)10-27(21(30)12-3-7-14(8-4-12)29(33)34)28-22(31)17-15-9-16(18(17)23(28)32)20(26)19(15)25/h1-8,15-20H,9-10H2/t15-,16-,17-,18+,19-,20+/m1/s1. The lowest BCUT2D eigenvalue weighted by Crippen LogP contribution is -2.50. The number of carbonyl (C=O) groups excluding carboxylic acids is 3. The third-order valence-electron chi connectivity index (χ3n) is 7.01. The van der Waals surface area contributed by atoms with E-state index >= 15 is 0 Å². The Hall–Kier alpha value is -2.11. The molecule has 3 fully saturated rings. The second-order valence-corrected chi connectivity index (χ2v) is 11.8. The van der Waals surface area contributed by atoms with Crippen LogP contribution in [0, 0.1) is 33.8 Å². The summed E-state index contributed by atoms with van der Waals surface area (Å²) in [5.74, 6) is -2.19. The first-order valence-electron chi connectivity index (χ1n) is 10.7. The van der Waals surface area contributed by atoms with Gasteiger partial charge in [-0.05, 0) is 48.1 Å². The lowest BCUT2D eigenvalue weighted by molar-refractivity contribution is -0.384. The molecule has 0 N–H and O–H groups in total. The van der Waals surface area contributed by atoms with E-state index in [1.807, 2.05) is 12.1 Å². The van der Waals surface area contributed by atoms with Crippen LogP contribution in [0.1, 0.15) is 22.3 Å². The Kier molecular flexibility index (Phi) is 6.14. The molecule has 5 rings (SSSR count). The molecule has 2 bridgehead atoms. The number of carbonyl (C=O) groups is 3. The van der Waals surface area contributed by atoms with Crippen molar-refractivity contribution in [1.82, 2.24) is 10.0 Å². The van der Waals surface area contributed by atoms with Gasteiger partial charge in [0.05, 0.1) is 23.3 Å². The summed E-state index contributed by atoms with van der Waals surface area (Å²) in [5.41, 5.74) is 0.734. The van der Waals surface area contributed by atoms with Crippen molar-refractivity contribution in [3.63, 3.8) is 0 Å². The molecule has 11 heteroatoms. The Morgan fingerprint density at radius 1 is 0.971 bits per heavy atom. The molecule has 0 aromatic heterocycles. The van der Waals surface area contributed by atoms with E-state index in [4.69, 9.17) is 0 Å². The molecule has 34 heavy (non-hydrogen) atoms. The number of alkyl halides is 2. The van der Waals surface area contributed by atoms with E-state index < -0.39 is 22.7 Å². The molecule has 2 saturated carbocycles. The highest BCUT2D eigenvalue weighted by molar-refractivity contribution is 9.12. The third-order valence-corrected chi connectivity index (χ3v) is 10.7. The Balaban J connectivity index is 1.51. The van der Waals surface area contributed by atoms with E-state index in [2.05, 4.69) is 47.8 Å².